The van der Waals surface area contributed by atoms with Crippen molar-refractivity contribution in [2.45, 2.75) is 64.1 Å². The van der Waals surface area contributed by atoms with Gasteiger partial charge in [-0.2, -0.15) is 10.1 Å². The van der Waals surface area contributed by atoms with Crippen molar-refractivity contribution in [2.24, 2.45) is 0 Å². The van der Waals surface area contributed by atoms with Gasteiger partial charge < -0.3 is 10.2 Å². The van der Waals surface area contributed by atoms with E-state index < -0.39 is 0 Å². The Kier molecular flexibility index (Phi) is 5.25. The number of hydrogen-bond acceptors (Lipinski definition) is 6. The van der Waals surface area contributed by atoms with Crippen molar-refractivity contribution in [2.75, 3.05) is 19.4 Å². The average Bonchev–Trinajstić information content (AvgIpc) is 3.50. The Bertz CT molecular complexity index is 1460. The van der Waals surface area contributed by atoms with E-state index in [9.17, 15) is 4.79 Å². The van der Waals surface area contributed by atoms with Crippen LogP contribution in [0.15, 0.2) is 41.5 Å². The molecular formula is C26H32N8O. The van der Waals surface area contributed by atoms with E-state index >= 15 is 0 Å². The highest BCUT2D eigenvalue weighted by Crippen LogP contribution is 2.34. The predicted molar refractivity (Wildman–Crippen MR) is 137 cm³/mol. The number of fused-ring (bicyclic) bond motifs is 2. The predicted octanol–water partition coefficient (Wildman–Crippen LogP) is 3.86. The molecular weight excluding hydrogens is 440 g/mol. The number of nitrogens with zero attached hydrogens (tertiary/aromatic N) is 7. The Balaban J connectivity index is 1.36. The van der Waals surface area contributed by atoms with E-state index in [1.54, 1.807) is 10.9 Å². The summed E-state index contributed by atoms with van der Waals surface area (Å²) in [6, 6.07) is 9.47. The number of likely N-dealkylation sites (N-methyl/N-ethyl adjacent to an activating group) is 1. The Morgan fingerprint density at radius 3 is 2.69 bits per heavy atom. The molecule has 0 amide bonds. The zero-order valence-corrected chi connectivity index (χ0v) is 20.8. The maximum atomic E-state index is 13.2. The largest absolute Gasteiger partial charge is 0.324 e. The minimum Gasteiger partial charge on any atom is -0.324 e. The fourth-order valence-electron chi connectivity index (χ4n) is 5.11. The Hall–Kier alpha value is -3.46. The molecule has 35 heavy (non-hydrogen) atoms. The van der Waals surface area contributed by atoms with Gasteiger partial charge in [0.2, 0.25) is 5.95 Å². The third-order valence-corrected chi connectivity index (χ3v) is 7.24. The minimum atomic E-state index is -0.105. The van der Waals surface area contributed by atoms with E-state index in [2.05, 4.69) is 47.5 Å². The number of aromatic nitrogens is 6. The van der Waals surface area contributed by atoms with Crippen LogP contribution in [0.5, 0.6) is 0 Å². The zero-order valence-electron chi connectivity index (χ0n) is 20.8. The maximum absolute atomic E-state index is 13.2. The van der Waals surface area contributed by atoms with Crippen molar-refractivity contribution in [3.8, 4) is 5.82 Å². The summed E-state index contributed by atoms with van der Waals surface area (Å²) in [7, 11) is 4.31. The van der Waals surface area contributed by atoms with Crippen molar-refractivity contribution in [3.05, 3.63) is 58.1 Å². The molecule has 4 aromatic rings. The highest BCUT2D eigenvalue weighted by molar-refractivity contribution is 5.77. The summed E-state index contributed by atoms with van der Waals surface area (Å²) in [4.78, 5) is 24.8. The van der Waals surface area contributed by atoms with E-state index in [1.807, 2.05) is 35.5 Å². The van der Waals surface area contributed by atoms with Crippen LogP contribution in [0.2, 0.25) is 0 Å². The lowest BCUT2D eigenvalue weighted by molar-refractivity contribution is 0.268. The van der Waals surface area contributed by atoms with Gasteiger partial charge in [-0.25, -0.2) is 14.3 Å². The molecule has 0 bridgehead atoms. The van der Waals surface area contributed by atoms with Crippen molar-refractivity contribution in [1.29, 1.82) is 0 Å². The van der Waals surface area contributed by atoms with E-state index in [0.29, 0.717) is 34.9 Å². The Morgan fingerprint density at radius 1 is 1.11 bits per heavy atom. The molecule has 3 heterocycles. The summed E-state index contributed by atoms with van der Waals surface area (Å²) in [5.74, 6) is 1.17. The van der Waals surface area contributed by atoms with E-state index in [1.165, 1.54) is 11.1 Å². The lowest BCUT2D eigenvalue weighted by atomic mass is 9.87. The summed E-state index contributed by atoms with van der Waals surface area (Å²) in [5.41, 5.74) is 4.20. The second kappa shape index (κ2) is 8.34. The van der Waals surface area contributed by atoms with Crippen LogP contribution in [0.1, 0.15) is 56.3 Å². The molecule has 1 aromatic carbocycles. The first kappa shape index (κ1) is 22.0. The van der Waals surface area contributed by atoms with E-state index in [0.717, 1.165) is 37.8 Å². The smallest absolute Gasteiger partial charge is 0.278 e. The fourth-order valence-corrected chi connectivity index (χ4v) is 5.11. The van der Waals surface area contributed by atoms with Crippen LogP contribution >= 0.6 is 0 Å². The second-order valence-electron chi connectivity index (χ2n) is 10.3. The normalized spacial score (nSPS) is 17.9. The topological polar surface area (TPSA) is 85.8 Å². The number of benzene rings is 1. The second-order valence-corrected chi connectivity index (χ2v) is 10.3. The van der Waals surface area contributed by atoms with Crippen molar-refractivity contribution >= 4 is 22.7 Å². The summed E-state index contributed by atoms with van der Waals surface area (Å²) in [6.45, 7) is 3.99. The van der Waals surface area contributed by atoms with Crippen molar-refractivity contribution in [3.63, 3.8) is 0 Å². The Labute approximate surface area is 204 Å². The van der Waals surface area contributed by atoms with Gasteiger partial charge in [0.05, 0.1) is 6.04 Å². The molecule has 0 saturated heterocycles. The molecule has 1 saturated carbocycles. The van der Waals surface area contributed by atoms with Crippen LogP contribution in [-0.4, -0.2) is 54.1 Å². The molecule has 2 aliphatic rings. The first-order chi connectivity index (χ1) is 16.9. The molecule has 9 heteroatoms. The monoisotopic (exact) mass is 472 g/mol. The number of anilines is 2. The van der Waals surface area contributed by atoms with Gasteiger partial charge in [-0.05, 0) is 83.3 Å². The van der Waals surface area contributed by atoms with Crippen LogP contribution < -0.4 is 10.9 Å². The van der Waals surface area contributed by atoms with Gasteiger partial charge in [0.25, 0.3) is 5.56 Å². The lowest BCUT2D eigenvalue weighted by Gasteiger charge is -2.30. The molecule has 1 atom stereocenters. The Morgan fingerprint density at radius 2 is 1.94 bits per heavy atom. The van der Waals surface area contributed by atoms with Gasteiger partial charge in [0.1, 0.15) is 5.39 Å². The summed E-state index contributed by atoms with van der Waals surface area (Å²) < 4.78 is 5.54. The molecule has 9 nitrogen and oxygen atoms in total. The molecule has 0 aliphatic heterocycles. The van der Waals surface area contributed by atoms with Crippen LogP contribution in [0.4, 0.5) is 11.6 Å². The molecule has 0 spiro atoms. The molecule has 0 radical (unpaired) electrons. The molecule has 1 fully saturated rings. The summed E-state index contributed by atoms with van der Waals surface area (Å²) in [5, 5.41) is 8.62. The van der Waals surface area contributed by atoms with Gasteiger partial charge in [0, 0.05) is 36.2 Å². The molecule has 1 unspecified atom stereocenters. The third-order valence-electron chi connectivity index (χ3n) is 7.24. The van der Waals surface area contributed by atoms with E-state index in [-0.39, 0.29) is 11.6 Å². The van der Waals surface area contributed by atoms with Crippen LogP contribution in [-0.2, 0) is 12.8 Å². The maximum Gasteiger partial charge on any atom is 0.278 e. The van der Waals surface area contributed by atoms with Crippen molar-refractivity contribution < 1.29 is 0 Å². The SMILES string of the molecule is CC(C)n1c(=O)c2cnc(Nc3ccc4c(c3)CCC(N(C)C)C4)nc2n1-c1ccn(C2CC2)n1. The number of aryl methyl sites for hydroxylation is 1. The zero-order chi connectivity index (χ0) is 24.3. The minimum absolute atomic E-state index is 0.0502. The highest BCUT2D eigenvalue weighted by Gasteiger charge is 2.26. The van der Waals surface area contributed by atoms with Crippen LogP contribution in [0.3, 0.4) is 0 Å². The average molecular weight is 473 g/mol. The van der Waals surface area contributed by atoms with Crippen molar-refractivity contribution in [1.82, 2.24) is 34.0 Å². The first-order valence-electron chi connectivity index (χ1n) is 12.5. The van der Waals surface area contributed by atoms with Gasteiger partial charge in [-0.1, -0.05) is 6.07 Å². The third kappa shape index (κ3) is 3.93. The van der Waals surface area contributed by atoms with Gasteiger partial charge in [-0.3, -0.25) is 9.48 Å². The van der Waals surface area contributed by atoms with Gasteiger partial charge in [0.15, 0.2) is 11.5 Å². The molecule has 1 N–H and O–H groups in total. The number of nitrogens with one attached hydrogen (secondary N) is 1. The van der Waals surface area contributed by atoms with Crippen LogP contribution in [0, 0.1) is 0 Å². The summed E-state index contributed by atoms with van der Waals surface area (Å²) in [6.07, 6.45) is 9.22. The van der Waals surface area contributed by atoms with Crippen LogP contribution in [0.25, 0.3) is 16.9 Å². The number of rotatable bonds is 6. The quantitative estimate of drug-likeness (QED) is 0.459. The molecule has 182 valence electrons. The van der Waals surface area contributed by atoms with Gasteiger partial charge in [-0.15, -0.1) is 0 Å². The first-order valence-corrected chi connectivity index (χ1v) is 12.5. The number of hydrogen-bond donors (Lipinski definition) is 1. The fraction of sp³-hybridized carbons (Fsp3) is 0.462. The highest BCUT2D eigenvalue weighted by atomic mass is 16.1. The summed E-state index contributed by atoms with van der Waals surface area (Å²) >= 11 is 0. The lowest BCUT2D eigenvalue weighted by Crippen LogP contribution is -2.33. The molecule has 3 aromatic heterocycles. The molecule has 6 rings (SSSR count). The van der Waals surface area contributed by atoms with E-state index in [4.69, 9.17) is 10.1 Å². The standard InChI is InChI=1S/C26H32N8O/c1-16(2)33-25(35)22-15-27-26(29-24(22)34(33)23-11-12-32(30-23)20-9-10-20)28-19-7-5-18-14-21(31(3)4)8-6-17(18)13-19/h5,7,11-13,15-16,20-21H,6,8-10,14H2,1-4H3,(H,27,28,29). The molecule has 2 aliphatic carbocycles. The van der Waals surface area contributed by atoms with Gasteiger partial charge >= 0.3 is 0 Å².